The van der Waals surface area contributed by atoms with Gasteiger partial charge in [-0.15, -0.1) is 15.3 Å². The maximum Gasteiger partial charge on any atom is 0.252 e. The molecule has 0 saturated heterocycles. The van der Waals surface area contributed by atoms with E-state index in [2.05, 4.69) is 44.4 Å². The van der Waals surface area contributed by atoms with Gasteiger partial charge in [-0.2, -0.15) is 4.98 Å². The molecule has 0 aliphatic rings. The molecule has 132 valence electrons. The Balaban J connectivity index is 1.68. The van der Waals surface area contributed by atoms with Crippen LogP contribution in [0.4, 0.5) is 5.13 Å². The van der Waals surface area contributed by atoms with Crippen LogP contribution in [0.2, 0.25) is 0 Å². The van der Waals surface area contributed by atoms with Crippen molar-refractivity contribution in [1.29, 1.82) is 0 Å². The minimum Gasteiger partial charge on any atom is -0.300 e. The smallest absolute Gasteiger partial charge is 0.252 e. The van der Waals surface area contributed by atoms with Crippen LogP contribution in [0, 0.1) is 13.8 Å². The standard InChI is InChI=1S/C16H21N7OS/c1-5-6-9(2)14-20-21-16(25-14)19-13(24)8-12-18-15-17-10(3)7-11(4)23(15)22-12/h7,9H,5-6,8H2,1-4H3,(H,19,21,24)/t9-/m1/s1. The number of carbonyl (C=O) groups is 1. The van der Waals surface area contributed by atoms with E-state index < -0.39 is 0 Å². The number of aromatic nitrogens is 6. The molecule has 0 fully saturated rings. The Kier molecular flexibility index (Phi) is 5.03. The fourth-order valence-electron chi connectivity index (χ4n) is 2.63. The Hall–Kier alpha value is -2.42. The van der Waals surface area contributed by atoms with Crippen LogP contribution >= 0.6 is 11.3 Å². The third-order valence-corrected chi connectivity index (χ3v) is 4.88. The molecule has 25 heavy (non-hydrogen) atoms. The molecule has 0 aliphatic carbocycles. The molecule has 0 radical (unpaired) electrons. The Bertz CT molecular complexity index is 901. The van der Waals surface area contributed by atoms with Crippen molar-refractivity contribution < 1.29 is 4.79 Å². The van der Waals surface area contributed by atoms with Gasteiger partial charge in [0.05, 0.1) is 6.42 Å². The topological polar surface area (TPSA) is 98.0 Å². The molecular weight excluding hydrogens is 338 g/mol. The summed E-state index contributed by atoms with van der Waals surface area (Å²) in [7, 11) is 0. The summed E-state index contributed by atoms with van der Waals surface area (Å²) >= 11 is 1.42. The molecule has 0 saturated carbocycles. The van der Waals surface area contributed by atoms with E-state index in [0.29, 0.717) is 22.7 Å². The molecule has 0 aromatic carbocycles. The van der Waals surface area contributed by atoms with Gasteiger partial charge < -0.3 is 5.32 Å². The zero-order valence-electron chi connectivity index (χ0n) is 14.8. The van der Waals surface area contributed by atoms with Crippen molar-refractivity contribution in [2.75, 3.05) is 5.32 Å². The van der Waals surface area contributed by atoms with Crippen LogP contribution in [-0.4, -0.2) is 35.7 Å². The summed E-state index contributed by atoms with van der Waals surface area (Å²) in [6.45, 7) is 8.09. The molecule has 9 heteroatoms. The van der Waals surface area contributed by atoms with Gasteiger partial charge in [0.15, 0.2) is 5.82 Å². The molecule has 3 heterocycles. The molecule has 3 aromatic rings. The first kappa shape index (κ1) is 17.4. The second kappa shape index (κ2) is 7.22. The fourth-order valence-corrected chi connectivity index (χ4v) is 3.48. The average Bonchev–Trinajstić information content (AvgIpc) is 3.14. The second-order valence-corrected chi connectivity index (χ2v) is 7.15. The highest BCUT2D eigenvalue weighted by Crippen LogP contribution is 2.26. The minimum absolute atomic E-state index is 0.0707. The van der Waals surface area contributed by atoms with Crippen LogP contribution in [0.1, 0.15) is 54.8 Å². The van der Waals surface area contributed by atoms with Crippen molar-refractivity contribution in [2.24, 2.45) is 0 Å². The van der Waals surface area contributed by atoms with E-state index in [-0.39, 0.29) is 12.3 Å². The predicted molar refractivity (Wildman–Crippen MR) is 95.8 cm³/mol. The Morgan fingerprint density at radius 2 is 2.12 bits per heavy atom. The first-order valence-corrected chi connectivity index (χ1v) is 9.11. The number of nitrogens with one attached hydrogen (secondary N) is 1. The van der Waals surface area contributed by atoms with Gasteiger partial charge in [-0.3, -0.25) is 4.79 Å². The van der Waals surface area contributed by atoms with Gasteiger partial charge in [-0.05, 0) is 26.3 Å². The van der Waals surface area contributed by atoms with Crippen LogP contribution in [0.25, 0.3) is 5.78 Å². The first-order valence-electron chi connectivity index (χ1n) is 8.29. The normalized spacial score (nSPS) is 12.5. The summed E-state index contributed by atoms with van der Waals surface area (Å²) in [5.74, 6) is 1.08. The number of nitrogens with zero attached hydrogens (tertiary/aromatic N) is 6. The molecule has 0 spiro atoms. The van der Waals surface area contributed by atoms with Crippen molar-refractivity contribution >= 4 is 28.2 Å². The Morgan fingerprint density at radius 1 is 1.32 bits per heavy atom. The number of carbonyl (C=O) groups excluding carboxylic acids is 1. The molecule has 3 rings (SSSR count). The summed E-state index contributed by atoms with van der Waals surface area (Å²) < 4.78 is 1.64. The Labute approximate surface area is 149 Å². The van der Waals surface area contributed by atoms with E-state index >= 15 is 0 Å². The SMILES string of the molecule is CCC[C@@H](C)c1nnc(NC(=O)Cc2nc3nc(C)cc(C)n3n2)s1. The molecule has 8 nitrogen and oxygen atoms in total. The van der Waals surface area contributed by atoms with Crippen LogP contribution in [-0.2, 0) is 11.2 Å². The summed E-state index contributed by atoms with van der Waals surface area (Å²) in [4.78, 5) is 20.9. The van der Waals surface area contributed by atoms with Crippen molar-refractivity contribution in [3.05, 3.63) is 28.3 Å². The summed E-state index contributed by atoms with van der Waals surface area (Å²) in [6, 6.07) is 1.92. The number of hydrogen-bond donors (Lipinski definition) is 1. The van der Waals surface area contributed by atoms with E-state index in [1.165, 1.54) is 11.3 Å². The average molecular weight is 359 g/mol. The summed E-state index contributed by atoms with van der Waals surface area (Å²) in [6.07, 6.45) is 2.22. The molecule has 0 aliphatic heterocycles. The summed E-state index contributed by atoms with van der Waals surface area (Å²) in [5.41, 5.74) is 1.80. The highest BCUT2D eigenvalue weighted by molar-refractivity contribution is 7.15. The minimum atomic E-state index is -0.212. The van der Waals surface area contributed by atoms with Gasteiger partial charge in [-0.1, -0.05) is 31.6 Å². The van der Waals surface area contributed by atoms with Crippen molar-refractivity contribution in [3.63, 3.8) is 0 Å². The molecule has 1 atom stereocenters. The van der Waals surface area contributed by atoms with Gasteiger partial charge >= 0.3 is 0 Å². The number of rotatable bonds is 6. The third-order valence-electron chi connectivity index (χ3n) is 3.81. The highest BCUT2D eigenvalue weighted by atomic mass is 32.1. The van der Waals surface area contributed by atoms with Gasteiger partial charge in [-0.25, -0.2) is 9.50 Å². The molecule has 0 unspecified atom stereocenters. The lowest BCUT2D eigenvalue weighted by molar-refractivity contribution is -0.115. The molecule has 0 bridgehead atoms. The lowest BCUT2D eigenvalue weighted by Crippen LogP contribution is -2.15. The maximum atomic E-state index is 12.2. The van der Waals surface area contributed by atoms with Gasteiger partial charge in [0.2, 0.25) is 11.0 Å². The zero-order chi connectivity index (χ0) is 18.0. The molecule has 1 amide bonds. The second-order valence-electron chi connectivity index (χ2n) is 6.14. The van der Waals surface area contributed by atoms with Crippen molar-refractivity contribution in [1.82, 2.24) is 29.8 Å². The van der Waals surface area contributed by atoms with E-state index in [1.807, 2.05) is 19.9 Å². The van der Waals surface area contributed by atoms with Crippen molar-refractivity contribution in [2.45, 2.75) is 52.9 Å². The predicted octanol–water partition coefficient (Wildman–Crippen LogP) is 2.68. The van der Waals surface area contributed by atoms with Crippen LogP contribution < -0.4 is 5.32 Å². The van der Waals surface area contributed by atoms with E-state index in [4.69, 9.17) is 0 Å². The molecular formula is C16H21N7OS. The van der Waals surface area contributed by atoms with Crippen LogP contribution in [0.5, 0.6) is 0 Å². The van der Waals surface area contributed by atoms with Crippen LogP contribution in [0.15, 0.2) is 6.07 Å². The molecule has 1 N–H and O–H groups in total. The van der Waals surface area contributed by atoms with Gasteiger partial charge in [0.25, 0.3) is 5.78 Å². The van der Waals surface area contributed by atoms with E-state index in [1.54, 1.807) is 4.52 Å². The maximum absolute atomic E-state index is 12.2. The monoisotopic (exact) mass is 359 g/mol. The number of hydrogen-bond acceptors (Lipinski definition) is 7. The highest BCUT2D eigenvalue weighted by Gasteiger charge is 2.15. The Morgan fingerprint density at radius 3 is 2.88 bits per heavy atom. The lowest BCUT2D eigenvalue weighted by atomic mass is 10.1. The quantitative estimate of drug-likeness (QED) is 0.726. The zero-order valence-corrected chi connectivity index (χ0v) is 15.6. The van der Waals surface area contributed by atoms with Crippen molar-refractivity contribution in [3.8, 4) is 0 Å². The number of fused-ring (bicyclic) bond motifs is 1. The van der Waals surface area contributed by atoms with E-state index in [0.717, 1.165) is 29.2 Å². The first-order chi connectivity index (χ1) is 12.0. The lowest BCUT2D eigenvalue weighted by Gasteiger charge is -2.03. The van der Waals surface area contributed by atoms with E-state index in [9.17, 15) is 4.79 Å². The third kappa shape index (κ3) is 3.98. The number of amides is 1. The van der Waals surface area contributed by atoms with Crippen LogP contribution in [0.3, 0.4) is 0 Å². The molecule has 3 aromatic heterocycles. The fraction of sp³-hybridized carbons (Fsp3) is 0.500. The van der Waals surface area contributed by atoms with Gasteiger partial charge in [0.1, 0.15) is 5.01 Å². The number of aryl methyl sites for hydroxylation is 2. The number of anilines is 1. The van der Waals surface area contributed by atoms with Gasteiger partial charge in [0, 0.05) is 17.3 Å². The summed E-state index contributed by atoms with van der Waals surface area (Å²) in [5, 5.41) is 16.8. The largest absolute Gasteiger partial charge is 0.300 e.